The van der Waals surface area contributed by atoms with Crippen LogP contribution in [0.25, 0.3) is 0 Å². The summed E-state index contributed by atoms with van der Waals surface area (Å²) in [6.45, 7) is 4.75. The van der Waals surface area contributed by atoms with Crippen LogP contribution in [0.2, 0.25) is 0 Å². The first-order chi connectivity index (χ1) is 10.8. The first-order valence-electron chi connectivity index (χ1n) is 8.03. The summed E-state index contributed by atoms with van der Waals surface area (Å²) < 4.78 is 0. The van der Waals surface area contributed by atoms with Gasteiger partial charge in [0.15, 0.2) is 0 Å². The van der Waals surface area contributed by atoms with Crippen molar-refractivity contribution < 1.29 is 0 Å². The van der Waals surface area contributed by atoms with Gasteiger partial charge in [-0.15, -0.1) is 0 Å². The fraction of sp³-hybridized carbons (Fsp3) is 0.444. The van der Waals surface area contributed by atoms with E-state index in [4.69, 9.17) is 5.73 Å². The monoisotopic (exact) mass is 298 g/mol. The number of nitrogens with zero attached hydrogens (tertiary/aromatic N) is 3. The van der Waals surface area contributed by atoms with Gasteiger partial charge in [0.25, 0.3) is 0 Å². The molecule has 0 aliphatic rings. The molecule has 2 N–H and O–H groups in total. The smallest absolute Gasteiger partial charge is 0.0544 e. The summed E-state index contributed by atoms with van der Waals surface area (Å²) in [6, 6.07) is 12.6. The Morgan fingerprint density at radius 3 is 2.00 bits per heavy atom. The van der Waals surface area contributed by atoms with Crippen molar-refractivity contribution in [3.05, 3.63) is 60.2 Å². The van der Waals surface area contributed by atoms with Crippen LogP contribution in [0.1, 0.15) is 37.6 Å². The third-order valence-electron chi connectivity index (χ3n) is 3.88. The first kappa shape index (κ1) is 16.6. The van der Waals surface area contributed by atoms with Crippen LogP contribution >= 0.6 is 0 Å². The maximum atomic E-state index is 5.60. The number of rotatable bonds is 9. The fourth-order valence-corrected chi connectivity index (χ4v) is 2.53. The summed E-state index contributed by atoms with van der Waals surface area (Å²) in [5.41, 5.74) is 7.81. The van der Waals surface area contributed by atoms with E-state index in [2.05, 4.69) is 33.9 Å². The number of unbranched alkanes of at least 4 members (excludes halogenated alkanes) is 1. The molecular weight excluding hydrogens is 272 g/mol. The Bertz CT molecular complexity index is 474. The number of hydrogen-bond donors (Lipinski definition) is 1. The molecule has 0 amide bonds. The van der Waals surface area contributed by atoms with Crippen molar-refractivity contribution in [3.63, 3.8) is 0 Å². The van der Waals surface area contributed by atoms with Crippen molar-refractivity contribution in [3.8, 4) is 0 Å². The molecule has 0 spiro atoms. The van der Waals surface area contributed by atoms with Crippen LogP contribution in [0.3, 0.4) is 0 Å². The van der Waals surface area contributed by atoms with Gasteiger partial charge in [-0.05, 0) is 50.6 Å². The Balaban J connectivity index is 2.02. The van der Waals surface area contributed by atoms with Gasteiger partial charge in [0.2, 0.25) is 0 Å². The normalized spacial score (nSPS) is 12.5. The van der Waals surface area contributed by atoms with Gasteiger partial charge in [-0.1, -0.05) is 18.6 Å². The van der Waals surface area contributed by atoms with E-state index < -0.39 is 0 Å². The summed E-state index contributed by atoms with van der Waals surface area (Å²) in [6.07, 6.45) is 7.11. The minimum absolute atomic E-state index is 0.482. The molecule has 2 aromatic heterocycles. The lowest BCUT2D eigenvalue weighted by atomic mass is 10.1. The van der Waals surface area contributed by atoms with Crippen molar-refractivity contribution >= 4 is 0 Å². The maximum absolute atomic E-state index is 5.60. The molecule has 0 aliphatic carbocycles. The van der Waals surface area contributed by atoms with E-state index in [9.17, 15) is 0 Å². The van der Waals surface area contributed by atoms with Crippen molar-refractivity contribution in [2.24, 2.45) is 5.73 Å². The number of pyridine rings is 2. The van der Waals surface area contributed by atoms with Crippen LogP contribution in [0.15, 0.2) is 48.8 Å². The largest absolute Gasteiger partial charge is 0.330 e. The van der Waals surface area contributed by atoms with E-state index in [1.165, 1.54) is 6.42 Å². The molecule has 0 saturated heterocycles. The van der Waals surface area contributed by atoms with Crippen molar-refractivity contribution in [2.75, 3.05) is 6.54 Å². The highest BCUT2D eigenvalue weighted by atomic mass is 15.2. The van der Waals surface area contributed by atoms with Crippen molar-refractivity contribution in [1.82, 2.24) is 14.9 Å². The Kier molecular flexibility index (Phi) is 7.00. The van der Waals surface area contributed by atoms with Crippen LogP contribution < -0.4 is 5.73 Å². The van der Waals surface area contributed by atoms with Crippen LogP contribution in [0.4, 0.5) is 0 Å². The molecule has 0 saturated carbocycles. The highest BCUT2D eigenvalue weighted by molar-refractivity contribution is 5.06. The maximum Gasteiger partial charge on any atom is 0.0544 e. The van der Waals surface area contributed by atoms with E-state index in [1.807, 2.05) is 36.7 Å². The third-order valence-corrected chi connectivity index (χ3v) is 3.88. The Hall–Kier alpha value is -1.78. The molecule has 4 nitrogen and oxygen atoms in total. The summed E-state index contributed by atoms with van der Waals surface area (Å²) in [7, 11) is 0. The van der Waals surface area contributed by atoms with Gasteiger partial charge in [-0.2, -0.15) is 0 Å². The van der Waals surface area contributed by atoms with Gasteiger partial charge in [0.05, 0.1) is 11.4 Å². The van der Waals surface area contributed by atoms with E-state index >= 15 is 0 Å². The van der Waals surface area contributed by atoms with Crippen LogP contribution in [0, 0.1) is 0 Å². The standard InChI is InChI=1S/C18H26N4/c1-16(8-2-5-11-19)22(14-17-9-3-6-12-20-17)15-18-10-4-7-13-21-18/h3-4,6-7,9-10,12-13,16H,2,5,8,11,14-15,19H2,1H3. The third kappa shape index (κ3) is 5.54. The second-order valence-electron chi connectivity index (χ2n) is 5.68. The number of nitrogens with two attached hydrogens (primary N) is 1. The van der Waals surface area contributed by atoms with Gasteiger partial charge in [-0.3, -0.25) is 14.9 Å². The molecule has 0 aromatic carbocycles. The molecule has 0 aliphatic heterocycles. The predicted octanol–water partition coefficient (Wildman–Crippen LogP) is 3.00. The van der Waals surface area contributed by atoms with Crippen LogP contribution in [0.5, 0.6) is 0 Å². The summed E-state index contributed by atoms with van der Waals surface area (Å²) in [4.78, 5) is 11.4. The van der Waals surface area contributed by atoms with E-state index in [-0.39, 0.29) is 0 Å². The molecule has 2 aromatic rings. The zero-order valence-corrected chi connectivity index (χ0v) is 13.4. The molecule has 1 unspecified atom stereocenters. The van der Waals surface area contributed by atoms with E-state index in [0.29, 0.717) is 6.04 Å². The van der Waals surface area contributed by atoms with Crippen LogP contribution in [-0.4, -0.2) is 27.5 Å². The van der Waals surface area contributed by atoms with Gasteiger partial charge in [-0.25, -0.2) is 0 Å². The molecule has 0 bridgehead atoms. The minimum atomic E-state index is 0.482. The Morgan fingerprint density at radius 1 is 0.955 bits per heavy atom. The Morgan fingerprint density at radius 2 is 1.55 bits per heavy atom. The molecule has 118 valence electrons. The zero-order valence-electron chi connectivity index (χ0n) is 13.4. The molecular formula is C18H26N4. The highest BCUT2D eigenvalue weighted by Gasteiger charge is 2.15. The van der Waals surface area contributed by atoms with E-state index in [1.54, 1.807) is 0 Å². The molecule has 0 fully saturated rings. The first-order valence-corrected chi connectivity index (χ1v) is 8.03. The predicted molar refractivity (Wildman–Crippen MR) is 90.1 cm³/mol. The van der Waals surface area contributed by atoms with Gasteiger partial charge in [0.1, 0.15) is 0 Å². The molecule has 4 heteroatoms. The minimum Gasteiger partial charge on any atom is -0.330 e. The summed E-state index contributed by atoms with van der Waals surface area (Å²) >= 11 is 0. The molecule has 1 atom stereocenters. The van der Waals surface area contributed by atoms with Crippen molar-refractivity contribution in [1.29, 1.82) is 0 Å². The van der Waals surface area contributed by atoms with Crippen molar-refractivity contribution in [2.45, 2.75) is 45.3 Å². The second-order valence-corrected chi connectivity index (χ2v) is 5.68. The number of hydrogen-bond acceptors (Lipinski definition) is 4. The number of aromatic nitrogens is 2. The average Bonchev–Trinajstić information content (AvgIpc) is 2.56. The molecule has 22 heavy (non-hydrogen) atoms. The Labute approximate surface area is 133 Å². The van der Waals surface area contributed by atoms with Gasteiger partial charge >= 0.3 is 0 Å². The lowest BCUT2D eigenvalue weighted by Crippen LogP contribution is -2.32. The van der Waals surface area contributed by atoms with Gasteiger partial charge < -0.3 is 5.73 Å². The second kappa shape index (κ2) is 9.28. The SMILES string of the molecule is CC(CCCCN)N(Cc1ccccn1)Cc1ccccn1. The molecule has 0 radical (unpaired) electrons. The zero-order chi connectivity index (χ0) is 15.6. The van der Waals surface area contributed by atoms with E-state index in [0.717, 1.165) is 43.9 Å². The summed E-state index contributed by atoms with van der Waals surface area (Å²) in [5, 5.41) is 0. The fourth-order valence-electron chi connectivity index (χ4n) is 2.53. The highest BCUT2D eigenvalue weighted by Crippen LogP contribution is 2.15. The average molecular weight is 298 g/mol. The van der Waals surface area contributed by atoms with Gasteiger partial charge in [0, 0.05) is 31.5 Å². The molecule has 2 rings (SSSR count). The summed E-state index contributed by atoms with van der Waals surface area (Å²) in [5.74, 6) is 0. The van der Waals surface area contributed by atoms with Crippen LogP contribution in [-0.2, 0) is 13.1 Å². The lowest BCUT2D eigenvalue weighted by molar-refractivity contribution is 0.174. The topological polar surface area (TPSA) is 55.0 Å². The quantitative estimate of drug-likeness (QED) is 0.723. The molecule has 2 heterocycles. The lowest BCUT2D eigenvalue weighted by Gasteiger charge is -2.28.